The number of halogens is 1. The Balaban J connectivity index is 2.14. The van der Waals surface area contributed by atoms with Gasteiger partial charge in [0.2, 0.25) is 0 Å². The summed E-state index contributed by atoms with van der Waals surface area (Å²) in [5.41, 5.74) is -0.215. The molecule has 3 nitrogen and oxygen atoms in total. The molecule has 0 spiro atoms. The van der Waals surface area contributed by atoms with Crippen LogP contribution >= 0.6 is 0 Å². The monoisotopic (exact) mass is 223 g/mol. The molecule has 1 aromatic carbocycles. The number of hydrogen-bond acceptors (Lipinski definition) is 2. The van der Waals surface area contributed by atoms with Crippen LogP contribution in [0.5, 0.6) is 5.75 Å². The van der Waals surface area contributed by atoms with E-state index in [9.17, 15) is 9.18 Å². The molecule has 2 rings (SSSR count). The van der Waals surface area contributed by atoms with Crippen LogP contribution in [0.3, 0.4) is 0 Å². The number of hydrogen-bond donors (Lipinski definition) is 2. The van der Waals surface area contributed by atoms with Gasteiger partial charge >= 0.3 is 0 Å². The van der Waals surface area contributed by atoms with Crippen LogP contribution < -0.4 is 5.32 Å². The van der Waals surface area contributed by atoms with E-state index in [0.29, 0.717) is 0 Å². The Morgan fingerprint density at radius 3 is 2.69 bits per heavy atom. The van der Waals surface area contributed by atoms with Gasteiger partial charge in [0.05, 0.1) is 5.56 Å². The lowest BCUT2D eigenvalue weighted by atomic mass is 9.78. The summed E-state index contributed by atoms with van der Waals surface area (Å²) >= 11 is 0. The lowest BCUT2D eigenvalue weighted by Gasteiger charge is -2.39. The van der Waals surface area contributed by atoms with Gasteiger partial charge in [-0.3, -0.25) is 4.79 Å². The van der Waals surface area contributed by atoms with E-state index in [1.165, 1.54) is 12.1 Å². The van der Waals surface area contributed by atoms with Crippen LogP contribution in [-0.2, 0) is 0 Å². The smallest absolute Gasteiger partial charge is 0.254 e. The van der Waals surface area contributed by atoms with Gasteiger partial charge in [0.1, 0.15) is 11.6 Å². The minimum Gasteiger partial charge on any atom is -0.508 e. The Labute approximate surface area is 93.3 Å². The number of amides is 1. The van der Waals surface area contributed by atoms with E-state index in [1.54, 1.807) is 0 Å². The first-order chi connectivity index (χ1) is 7.50. The zero-order valence-electron chi connectivity index (χ0n) is 9.09. The van der Waals surface area contributed by atoms with Gasteiger partial charge in [-0.1, -0.05) is 0 Å². The molecule has 1 saturated carbocycles. The highest BCUT2D eigenvalue weighted by Crippen LogP contribution is 2.31. The number of nitrogens with one attached hydrogen (secondary N) is 1. The minimum atomic E-state index is -0.694. The number of carbonyl (C=O) groups excluding carboxylic acids is 1. The fourth-order valence-electron chi connectivity index (χ4n) is 1.86. The molecule has 0 bridgehead atoms. The fourth-order valence-corrected chi connectivity index (χ4v) is 1.86. The highest BCUT2D eigenvalue weighted by Gasteiger charge is 2.33. The van der Waals surface area contributed by atoms with E-state index in [0.717, 1.165) is 25.3 Å². The Morgan fingerprint density at radius 1 is 1.50 bits per heavy atom. The second kappa shape index (κ2) is 3.77. The first kappa shape index (κ1) is 10.9. The lowest BCUT2D eigenvalue weighted by molar-refractivity contribution is 0.0846. The Bertz CT molecular complexity index is 427. The summed E-state index contributed by atoms with van der Waals surface area (Å²) in [6.07, 6.45) is 2.95. The number of phenols is 1. The van der Waals surface area contributed by atoms with Crippen LogP contribution in [-0.4, -0.2) is 16.6 Å². The zero-order chi connectivity index (χ0) is 11.8. The van der Waals surface area contributed by atoms with Crippen LogP contribution in [0.25, 0.3) is 0 Å². The van der Waals surface area contributed by atoms with Crippen molar-refractivity contribution in [3.63, 3.8) is 0 Å². The predicted octanol–water partition coefficient (Wildman–Crippen LogP) is 2.20. The quantitative estimate of drug-likeness (QED) is 0.807. The van der Waals surface area contributed by atoms with Crippen molar-refractivity contribution in [3.05, 3.63) is 29.6 Å². The Morgan fingerprint density at radius 2 is 2.19 bits per heavy atom. The first-order valence-corrected chi connectivity index (χ1v) is 5.31. The number of benzene rings is 1. The molecule has 4 heteroatoms. The van der Waals surface area contributed by atoms with Gasteiger partial charge in [-0.05, 0) is 38.3 Å². The van der Waals surface area contributed by atoms with Gasteiger partial charge in [0.15, 0.2) is 0 Å². The summed E-state index contributed by atoms with van der Waals surface area (Å²) in [7, 11) is 0. The molecule has 0 aliphatic heterocycles. The van der Waals surface area contributed by atoms with Crippen molar-refractivity contribution in [3.8, 4) is 5.75 Å². The maximum Gasteiger partial charge on any atom is 0.254 e. The largest absolute Gasteiger partial charge is 0.508 e. The summed E-state index contributed by atoms with van der Waals surface area (Å²) in [5.74, 6) is -1.29. The Kier molecular flexibility index (Phi) is 2.58. The predicted molar refractivity (Wildman–Crippen MR) is 57.8 cm³/mol. The van der Waals surface area contributed by atoms with Crippen molar-refractivity contribution >= 4 is 5.91 Å². The number of aromatic hydroxyl groups is 1. The first-order valence-electron chi connectivity index (χ1n) is 5.31. The van der Waals surface area contributed by atoms with Crippen LogP contribution in [0.4, 0.5) is 4.39 Å². The zero-order valence-corrected chi connectivity index (χ0v) is 9.09. The van der Waals surface area contributed by atoms with E-state index in [1.807, 2.05) is 6.92 Å². The molecule has 0 saturated heterocycles. The number of phenolic OH excluding ortho intramolecular Hbond substituents is 1. The van der Waals surface area contributed by atoms with Crippen molar-refractivity contribution < 1.29 is 14.3 Å². The molecule has 1 fully saturated rings. The summed E-state index contributed by atoms with van der Waals surface area (Å²) < 4.78 is 13.4. The van der Waals surface area contributed by atoms with E-state index in [-0.39, 0.29) is 16.9 Å². The van der Waals surface area contributed by atoms with Gasteiger partial charge in [-0.25, -0.2) is 4.39 Å². The summed E-state index contributed by atoms with van der Waals surface area (Å²) in [6.45, 7) is 1.95. The summed E-state index contributed by atoms with van der Waals surface area (Å²) in [4.78, 5) is 11.8. The van der Waals surface area contributed by atoms with Crippen LogP contribution in [0.1, 0.15) is 36.5 Å². The molecule has 0 radical (unpaired) electrons. The molecule has 0 atom stereocenters. The van der Waals surface area contributed by atoms with Crippen molar-refractivity contribution in [1.29, 1.82) is 0 Å². The molecule has 1 amide bonds. The summed E-state index contributed by atoms with van der Waals surface area (Å²) in [6, 6.07) is 3.54. The van der Waals surface area contributed by atoms with E-state index < -0.39 is 11.7 Å². The third kappa shape index (κ3) is 2.01. The molecule has 0 heterocycles. The average molecular weight is 223 g/mol. The average Bonchev–Trinajstić information content (AvgIpc) is 2.14. The molecule has 2 N–H and O–H groups in total. The van der Waals surface area contributed by atoms with Crippen LogP contribution in [0.2, 0.25) is 0 Å². The van der Waals surface area contributed by atoms with Crippen LogP contribution in [0, 0.1) is 5.82 Å². The molecule has 16 heavy (non-hydrogen) atoms. The lowest BCUT2D eigenvalue weighted by Crippen LogP contribution is -2.51. The highest BCUT2D eigenvalue weighted by atomic mass is 19.1. The van der Waals surface area contributed by atoms with Crippen molar-refractivity contribution in [2.24, 2.45) is 0 Å². The van der Waals surface area contributed by atoms with Gasteiger partial charge in [-0.15, -0.1) is 0 Å². The van der Waals surface area contributed by atoms with Crippen molar-refractivity contribution in [2.45, 2.75) is 31.7 Å². The molecule has 86 valence electrons. The number of rotatable bonds is 2. The van der Waals surface area contributed by atoms with Gasteiger partial charge in [0.25, 0.3) is 5.91 Å². The normalized spacial score (nSPS) is 17.6. The topological polar surface area (TPSA) is 49.3 Å². The maximum atomic E-state index is 13.4. The molecular weight excluding hydrogens is 209 g/mol. The second-order valence-electron chi connectivity index (χ2n) is 4.53. The molecule has 1 aliphatic carbocycles. The standard InChI is InChI=1S/C12H14FNO2/c1-12(5-2-6-12)14-11(16)9-4-3-8(15)7-10(9)13/h3-4,7,15H,2,5-6H2,1H3,(H,14,16). The third-order valence-electron chi connectivity index (χ3n) is 3.07. The second-order valence-corrected chi connectivity index (χ2v) is 4.53. The van der Waals surface area contributed by atoms with Gasteiger partial charge in [0, 0.05) is 11.6 Å². The van der Waals surface area contributed by atoms with Crippen LogP contribution in [0.15, 0.2) is 18.2 Å². The molecule has 0 unspecified atom stereocenters. The number of carbonyl (C=O) groups is 1. The Hall–Kier alpha value is -1.58. The van der Waals surface area contributed by atoms with E-state index >= 15 is 0 Å². The maximum absolute atomic E-state index is 13.4. The van der Waals surface area contributed by atoms with Crippen molar-refractivity contribution in [1.82, 2.24) is 5.32 Å². The highest BCUT2D eigenvalue weighted by molar-refractivity contribution is 5.95. The molecule has 1 aromatic rings. The SMILES string of the molecule is CC1(NC(=O)c2ccc(O)cc2F)CCC1. The summed E-state index contributed by atoms with van der Waals surface area (Å²) in [5, 5.41) is 11.8. The van der Waals surface area contributed by atoms with E-state index in [4.69, 9.17) is 5.11 Å². The van der Waals surface area contributed by atoms with Crippen molar-refractivity contribution in [2.75, 3.05) is 0 Å². The third-order valence-corrected chi connectivity index (χ3v) is 3.07. The fraction of sp³-hybridized carbons (Fsp3) is 0.417. The molecule has 0 aromatic heterocycles. The minimum absolute atomic E-state index is 0.0223. The molecular formula is C12H14FNO2. The molecule has 1 aliphatic rings. The van der Waals surface area contributed by atoms with Gasteiger partial charge < -0.3 is 10.4 Å². The van der Waals surface area contributed by atoms with Gasteiger partial charge in [-0.2, -0.15) is 0 Å². The van der Waals surface area contributed by atoms with E-state index in [2.05, 4.69) is 5.32 Å².